The molecule has 6 aromatic heterocycles. The van der Waals surface area contributed by atoms with Crippen molar-refractivity contribution in [3.8, 4) is 61.4 Å². The Labute approximate surface area is 322 Å². The highest BCUT2D eigenvalue weighted by Gasteiger charge is 2.19. The summed E-state index contributed by atoms with van der Waals surface area (Å²) in [5, 5.41) is 0. The van der Waals surface area contributed by atoms with Gasteiger partial charge in [0.15, 0.2) is 0 Å². The maximum Gasteiger partial charge on any atom is 0.118 e. The van der Waals surface area contributed by atoms with Gasteiger partial charge in [0.25, 0.3) is 0 Å². The fourth-order valence-electron chi connectivity index (χ4n) is 7.59. The lowest BCUT2D eigenvalue weighted by atomic mass is 9.99. The monoisotopic (exact) mass is 723 g/mol. The summed E-state index contributed by atoms with van der Waals surface area (Å²) in [6.45, 7) is 0. The van der Waals surface area contributed by atoms with Crippen LogP contribution in [0, 0.1) is 0 Å². The van der Waals surface area contributed by atoms with Crippen LogP contribution in [-0.2, 0) is 0 Å². The zero-order valence-corrected chi connectivity index (χ0v) is 30.3. The highest BCUT2D eigenvalue weighted by molar-refractivity contribution is 5.99. The van der Waals surface area contributed by atoms with Gasteiger partial charge in [-0.2, -0.15) is 0 Å². The summed E-state index contributed by atoms with van der Waals surface area (Å²) in [5.41, 5.74) is 17.2. The Morgan fingerprint density at radius 3 is 0.946 bits per heavy atom. The number of nitrogens with zero attached hydrogens (tertiary/aromatic N) is 5. The number of hydrogen-bond donors (Lipinski definition) is 2. The summed E-state index contributed by atoms with van der Waals surface area (Å²) in [6.07, 6.45) is 19.3. The molecule has 0 amide bonds. The molecule has 2 aromatic carbocycles. The van der Waals surface area contributed by atoms with E-state index in [2.05, 4.69) is 110 Å². The Morgan fingerprint density at radius 1 is 0.339 bits per heavy atom. The molecule has 8 bridgehead atoms. The predicted molar refractivity (Wildman–Crippen MR) is 226 cm³/mol. The lowest BCUT2D eigenvalue weighted by molar-refractivity contribution is 0.415. The van der Waals surface area contributed by atoms with E-state index in [0.717, 1.165) is 106 Å². The minimum absolute atomic E-state index is 0.828. The molecule has 0 spiro atoms. The Bertz CT molecular complexity index is 2930. The zero-order chi connectivity index (χ0) is 37.4. The number of aromatic amines is 2. The number of H-pyrrole nitrogens is 2. The molecular formula is C48H33N7O. The molecule has 266 valence electrons. The maximum atomic E-state index is 5.40. The molecule has 0 saturated heterocycles. The standard InChI is InChI=1S/C48H33N7O/c1-56-36-8-6-31(7-9-36)30-2-4-32(5-3-30)45-37-10-12-39(52-37)46(33-18-24-49-25-19-33)41-14-16-43(54-41)48(35-22-28-51-29-23-35)44-17-15-42(55-44)47(34-20-26-50-27-21-34)40-13-11-38(45)53-40/h2-29,52,55H,1H3. The summed E-state index contributed by atoms with van der Waals surface area (Å²) < 4.78 is 5.39. The fourth-order valence-corrected chi connectivity index (χ4v) is 7.59. The van der Waals surface area contributed by atoms with Gasteiger partial charge in [0, 0.05) is 81.5 Å². The number of aromatic nitrogens is 7. The molecule has 8 heterocycles. The molecule has 0 saturated carbocycles. The second-order valence-electron chi connectivity index (χ2n) is 13.5. The van der Waals surface area contributed by atoms with E-state index in [9.17, 15) is 0 Å². The van der Waals surface area contributed by atoms with Crippen LogP contribution in [0.2, 0.25) is 0 Å². The molecular weight excluding hydrogens is 691 g/mol. The van der Waals surface area contributed by atoms with E-state index >= 15 is 0 Å². The van der Waals surface area contributed by atoms with Gasteiger partial charge in [0.2, 0.25) is 0 Å². The molecule has 2 aliphatic rings. The van der Waals surface area contributed by atoms with Crippen LogP contribution in [-0.4, -0.2) is 42.0 Å². The first kappa shape index (κ1) is 32.9. The van der Waals surface area contributed by atoms with Crippen molar-refractivity contribution < 1.29 is 4.74 Å². The Morgan fingerprint density at radius 2 is 0.625 bits per heavy atom. The number of fused-ring (bicyclic) bond motifs is 8. The third-order valence-electron chi connectivity index (χ3n) is 10.3. The van der Waals surface area contributed by atoms with Gasteiger partial charge in [0.05, 0.1) is 29.9 Å². The molecule has 0 atom stereocenters. The molecule has 0 aliphatic carbocycles. The van der Waals surface area contributed by atoms with Gasteiger partial charge in [-0.3, -0.25) is 15.0 Å². The molecule has 2 aliphatic heterocycles. The van der Waals surface area contributed by atoms with Crippen molar-refractivity contribution in [1.29, 1.82) is 0 Å². The molecule has 8 aromatic rings. The third-order valence-corrected chi connectivity index (χ3v) is 10.3. The summed E-state index contributed by atoms with van der Waals surface area (Å²) in [7, 11) is 1.68. The van der Waals surface area contributed by atoms with Crippen molar-refractivity contribution in [2.45, 2.75) is 0 Å². The van der Waals surface area contributed by atoms with Crippen molar-refractivity contribution in [1.82, 2.24) is 34.9 Å². The number of rotatable bonds is 6. The van der Waals surface area contributed by atoms with Crippen molar-refractivity contribution in [3.05, 3.63) is 169 Å². The molecule has 0 radical (unpaired) electrons. The van der Waals surface area contributed by atoms with E-state index in [1.807, 2.05) is 85.7 Å². The van der Waals surface area contributed by atoms with Gasteiger partial charge in [-0.25, -0.2) is 9.97 Å². The zero-order valence-electron chi connectivity index (χ0n) is 30.3. The molecule has 10 rings (SSSR count). The SMILES string of the molecule is COc1ccc(-c2ccc(-c3c4nc(c(-c5ccncc5)c5ccc([nH]5)c(-c5ccncc5)c5nc(c(-c6ccncc6)c6ccc3[nH]6)C=C5)C=C4)cc2)cc1. The largest absolute Gasteiger partial charge is 0.497 e. The minimum Gasteiger partial charge on any atom is -0.497 e. The van der Waals surface area contributed by atoms with E-state index in [4.69, 9.17) is 14.7 Å². The highest BCUT2D eigenvalue weighted by atomic mass is 16.5. The minimum atomic E-state index is 0.828. The lowest BCUT2D eigenvalue weighted by Crippen LogP contribution is -1.90. The van der Waals surface area contributed by atoms with E-state index < -0.39 is 0 Å². The van der Waals surface area contributed by atoms with Gasteiger partial charge < -0.3 is 14.7 Å². The number of nitrogens with one attached hydrogen (secondary N) is 2. The molecule has 8 heteroatoms. The summed E-state index contributed by atoms with van der Waals surface area (Å²) in [5.74, 6) is 0.828. The molecule has 2 N–H and O–H groups in total. The van der Waals surface area contributed by atoms with Gasteiger partial charge in [-0.1, -0.05) is 36.4 Å². The summed E-state index contributed by atoms with van der Waals surface area (Å²) in [4.78, 5) is 31.3. The van der Waals surface area contributed by atoms with Crippen LogP contribution >= 0.6 is 0 Å². The number of hydrogen-bond acceptors (Lipinski definition) is 6. The first-order valence-electron chi connectivity index (χ1n) is 18.3. The van der Waals surface area contributed by atoms with Crippen LogP contribution in [0.25, 0.3) is 102 Å². The predicted octanol–water partition coefficient (Wildman–Crippen LogP) is 11.2. The second kappa shape index (κ2) is 13.9. The molecule has 8 nitrogen and oxygen atoms in total. The van der Waals surface area contributed by atoms with Gasteiger partial charge in [0.1, 0.15) is 5.75 Å². The van der Waals surface area contributed by atoms with E-state index in [1.54, 1.807) is 7.11 Å². The van der Waals surface area contributed by atoms with E-state index in [1.165, 1.54) is 0 Å². The van der Waals surface area contributed by atoms with E-state index in [-0.39, 0.29) is 0 Å². The quantitative estimate of drug-likeness (QED) is 0.177. The third kappa shape index (κ3) is 5.95. The number of benzene rings is 2. The number of methoxy groups -OCH3 is 1. The first-order valence-corrected chi connectivity index (χ1v) is 18.3. The average molecular weight is 724 g/mol. The Kier molecular flexibility index (Phi) is 8.18. The first-order chi connectivity index (χ1) is 27.7. The topological polar surface area (TPSA) is 105 Å². The van der Waals surface area contributed by atoms with Crippen LogP contribution in [0.5, 0.6) is 5.75 Å². The number of ether oxygens (including phenoxy) is 1. The van der Waals surface area contributed by atoms with Crippen molar-refractivity contribution in [3.63, 3.8) is 0 Å². The van der Waals surface area contributed by atoms with Crippen molar-refractivity contribution in [2.24, 2.45) is 0 Å². The Balaban J connectivity index is 1.31. The van der Waals surface area contributed by atoms with Crippen LogP contribution in [0.3, 0.4) is 0 Å². The second-order valence-corrected chi connectivity index (χ2v) is 13.5. The normalized spacial score (nSPS) is 11.9. The van der Waals surface area contributed by atoms with Gasteiger partial charge in [-0.05, 0) is 130 Å². The molecule has 56 heavy (non-hydrogen) atoms. The van der Waals surface area contributed by atoms with Gasteiger partial charge >= 0.3 is 0 Å². The van der Waals surface area contributed by atoms with Gasteiger partial charge in [-0.15, -0.1) is 0 Å². The summed E-state index contributed by atoms with van der Waals surface area (Å²) in [6, 6.07) is 37.4. The smallest absolute Gasteiger partial charge is 0.118 e. The van der Waals surface area contributed by atoms with E-state index in [0.29, 0.717) is 0 Å². The van der Waals surface area contributed by atoms with Crippen LogP contribution in [0.1, 0.15) is 22.8 Å². The van der Waals surface area contributed by atoms with Crippen LogP contribution in [0.4, 0.5) is 0 Å². The Hall–Kier alpha value is -7.71. The summed E-state index contributed by atoms with van der Waals surface area (Å²) >= 11 is 0. The van der Waals surface area contributed by atoms with Crippen LogP contribution < -0.4 is 4.74 Å². The van der Waals surface area contributed by atoms with Crippen LogP contribution in [0.15, 0.2) is 146 Å². The van der Waals surface area contributed by atoms with Crippen molar-refractivity contribution in [2.75, 3.05) is 7.11 Å². The molecule has 0 unspecified atom stereocenters. The molecule has 0 fully saturated rings. The lowest BCUT2D eigenvalue weighted by Gasteiger charge is -2.08. The number of pyridine rings is 3. The van der Waals surface area contributed by atoms with Crippen molar-refractivity contribution >= 4 is 46.4 Å². The fraction of sp³-hybridized carbons (Fsp3) is 0.0208. The average Bonchev–Trinajstić information content (AvgIpc) is 4.11. The highest BCUT2D eigenvalue weighted by Crippen LogP contribution is 2.38. The maximum absolute atomic E-state index is 5.40.